The van der Waals surface area contributed by atoms with Crippen molar-refractivity contribution >= 4 is 28.6 Å². The number of hydrogen-bond acceptors (Lipinski definition) is 2. The largest absolute Gasteiger partial charge is 0.343 e. The predicted octanol–water partition coefficient (Wildman–Crippen LogP) is 3.23. The van der Waals surface area contributed by atoms with Crippen LogP contribution in [-0.4, -0.2) is 11.3 Å². The average Bonchev–Trinajstić information content (AvgIpc) is 2.47. The van der Waals surface area contributed by atoms with Gasteiger partial charge in [0, 0.05) is 11.1 Å². The first kappa shape index (κ1) is 9.87. The fraction of sp³-hybridized carbons (Fsp3) is 0.300. The highest BCUT2D eigenvalue weighted by molar-refractivity contribution is 8.14. The summed E-state index contributed by atoms with van der Waals surface area (Å²) in [5.74, 6) is 0. The fourth-order valence-corrected chi connectivity index (χ4v) is 2.70. The van der Waals surface area contributed by atoms with E-state index in [0.29, 0.717) is 0 Å². The first-order chi connectivity index (χ1) is 6.66. The third-order valence-corrected chi connectivity index (χ3v) is 3.75. The lowest BCUT2D eigenvalue weighted by molar-refractivity contribution is 0.260. The first-order valence-corrected chi connectivity index (χ1v) is 5.65. The van der Waals surface area contributed by atoms with Crippen molar-refractivity contribution < 1.29 is 4.79 Å². The first-order valence-electron chi connectivity index (χ1n) is 4.39. The van der Waals surface area contributed by atoms with E-state index in [-0.39, 0.29) is 16.5 Å². The number of thioether (sulfide) groups is 1. The minimum absolute atomic E-state index is 0.0532. The van der Waals surface area contributed by atoms with Gasteiger partial charge >= 0.3 is 0 Å². The maximum atomic E-state index is 11.1. The second-order valence-corrected chi connectivity index (χ2v) is 4.86. The summed E-state index contributed by atoms with van der Waals surface area (Å²) in [5, 5.41) is 3.86. The van der Waals surface area contributed by atoms with Gasteiger partial charge in [0.15, 0.2) is 0 Å². The van der Waals surface area contributed by atoms with E-state index in [1.165, 1.54) is 11.8 Å². The van der Waals surface area contributed by atoms with E-state index in [0.717, 1.165) is 10.6 Å². The summed E-state index contributed by atoms with van der Waals surface area (Å²) in [6.07, 6.45) is 0. The minimum atomic E-state index is 0.0532. The van der Waals surface area contributed by atoms with Crippen LogP contribution in [0.5, 0.6) is 0 Å². The number of amides is 1. The number of benzene rings is 1. The Labute approximate surface area is 92.0 Å². The third-order valence-electron chi connectivity index (χ3n) is 2.23. The number of nitrogens with one attached hydrogen (secondary N) is 1. The SMILES string of the molecule is C[C@H]1NC(=O)S[C@@H]1c1ccc(Cl)cc1. The zero-order valence-corrected chi connectivity index (χ0v) is 9.23. The monoisotopic (exact) mass is 227 g/mol. The fourth-order valence-electron chi connectivity index (χ4n) is 1.52. The van der Waals surface area contributed by atoms with Gasteiger partial charge in [-0.15, -0.1) is 0 Å². The molecule has 1 fully saturated rings. The highest BCUT2D eigenvalue weighted by atomic mass is 35.5. The van der Waals surface area contributed by atoms with Crippen LogP contribution >= 0.6 is 23.4 Å². The average molecular weight is 228 g/mol. The maximum absolute atomic E-state index is 11.1. The summed E-state index contributed by atoms with van der Waals surface area (Å²) in [6.45, 7) is 2.01. The molecule has 2 nitrogen and oxygen atoms in total. The number of halogens is 1. The van der Waals surface area contributed by atoms with Gasteiger partial charge < -0.3 is 5.32 Å². The Bertz CT molecular complexity index is 352. The van der Waals surface area contributed by atoms with Gasteiger partial charge in [-0.25, -0.2) is 0 Å². The van der Waals surface area contributed by atoms with E-state index < -0.39 is 0 Å². The van der Waals surface area contributed by atoms with Gasteiger partial charge in [-0.2, -0.15) is 0 Å². The zero-order valence-electron chi connectivity index (χ0n) is 7.66. The van der Waals surface area contributed by atoms with Gasteiger partial charge in [0.2, 0.25) is 0 Å². The molecule has 1 aliphatic rings. The summed E-state index contributed by atoms with van der Waals surface area (Å²) in [4.78, 5) is 11.1. The van der Waals surface area contributed by atoms with Crippen LogP contribution in [0.4, 0.5) is 4.79 Å². The summed E-state index contributed by atoms with van der Waals surface area (Å²) in [6, 6.07) is 7.83. The zero-order chi connectivity index (χ0) is 10.1. The summed E-state index contributed by atoms with van der Waals surface area (Å²) in [7, 11) is 0. The molecular weight excluding hydrogens is 218 g/mol. The van der Waals surface area contributed by atoms with Crippen molar-refractivity contribution in [2.24, 2.45) is 0 Å². The molecule has 0 bridgehead atoms. The molecule has 1 saturated heterocycles. The molecule has 1 heterocycles. The van der Waals surface area contributed by atoms with E-state index in [4.69, 9.17) is 11.6 Å². The quantitative estimate of drug-likeness (QED) is 0.798. The molecular formula is C10H10ClNOS. The van der Waals surface area contributed by atoms with Crippen molar-refractivity contribution in [1.82, 2.24) is 5.32 Å². The Morgan fingerprint density at radius 3 is 2.50 bits per heavy atom. The molecule has 2 atom stereocenters. The molecule has 74 valence electrons. The second kappa shape index (κ2) is 3.83. The van der Waals surface area contributed by atoms with Crippen molar-refractivity contribution in [2.45, 2.75) is 18.2 Å². The van der Waals surface area contributed by atoms with Crippen molar-refractivity contribution in [2.75, 3.05) is 0 Å². The lowest BCUT2D eigenvalue weighted by Crippen LogP contribution is -2.23. The van der Waals surface area contributed by atoms with Gasteiger partial charge in [-0.3, -0.25) is 4.79 Å². The predicted molar refractivity (Wildman–Crippen MR) is 59.8 cm³/mol. The second-order valence-electron chi connectivity index (χ2n) is 3.31. The standard InChI is InChI=1S/C10H10ClNOS/c1-6-9(14-10(13)12-6)7-2-4-8(11)5-3-7/h2-6,9H,1H3,(H,12,13)/t6-,9+/m1/s1. The summed E-state index contributed by atoms with van der Waals surface area (Å²) < 4.78 is 0. The lowest BCUT2D eigenvalue weighted by atomic mass is 10.1. The normalized spacial score (nSPS) is 26.3. The van der Waals surface area contributed by atoms with Gasteiger partial charge in [-0.1, -0.05) is 35.5 Å². The Kier molecular flexibility index (Phi) is 2.70. The molecule has 1 amide bonds. The van der Waals surface area contributed by atoms with Gasteiger partial charge in [-0.05, 0) is 24.6 Å². The maximum Gasteiger partial charge on any atom is 0.279 e. The molecule has 0 aliphatic carbocycles. The Hall–Kier alpha value is -0.670. The van der Waals surface area contributed by atoms with Crippen LogP contribution in [0.3, 0.4) is 0 Å². The molecule has 0 saturated carbocycles. The van der Waals surface area contributed by atoms with Crippen LogP contribution in [0, 0.1) is 0 Å². The smallest absolute Gasteiger partial charge is 0.279 e. The Morgan fingerprint density at radius 1 is 1.36 bits per heavy atom. The third kappa shape index (κ3) is 1.88. The van der Waals surface area contributed by atoms with Crippen molar-refractivity contribution in [3.05, 3.63) is 34.9 Å². The molecule has 0 aromatic heterocycles. The van der Waals surface area contributed by atoms with Gasteiger partial charge in [0.25, 0.3) is 5.24 Å². The minimum Gasteiger partial charge on any atom is -0.343 e. The molecule has 2 rings (SSSR count). The van der Waals surface area contributed by atoms with Crippen molar-refractivity contribution in [3.8, 4) is 0 Å². The molecule has 1 N–H and O–H groups in total. The number of carbonyl (C=O) groups is 1. The van der Waals surface area contributed by atoms with E-state index in [2.05, 4.69) is 5.32 Å². The van der Waals surface area contributed by atoms with E-state index in [1.807, 2.05) is 31.2 Å². The number of carbonyl (C=O) groups excluding carboxylic acids is 1. The van der Waals surface area contributed by atoms with Crippen molar-refractivity contribution in [3.63, 3.8) is 0 Å². The van der Waals surface area contributed by atoms with Crippen LogP contribution in [-0.2, 0) is 0 Å². The topological polar surface area (TPSA) is 29.1 Å². The van der Waals surface area contributed by atoms with Gasteiger partial charge in [0.1, 0.15) is 0 Å². The van der Waals surface area contributed by atoms with Crippen LogP contribution in [0.25, 0.3) is 0 Å². The molecule has 0 radical (unpaired) electrons. The lowest BCUT2D eigenvalue weighted by Gasteiger charge is -2.12. The van der Waals surface area contributed by atoms with Gasteiger partial charge in [0.05, 0.1) is 5.25 Å². The highest BCUT2D eigenvalue weighted by Crippen LogP contribution is 2.37. The van der Waals surface area contributed by atoms with E-state index >= 15 is 0 Å². The van der Waals surface area contributed by atoms with Crippen molar-refractivity contribution in [1.29, 1.82) is 0 Å². The molecule has 0 spiro atoms. The van der Waals surface area contributed by atoms with Crippen LogP contribution in [0.1, 0.15) is 17.7 Å². The summed E-state index contributed by atoms with van der Waals surface area (Å²) >= 11 is 7.13. The number of hydrogen-bond donors (Lipinski definition) is 1. The van der Waals surface area contributed by atoms with Crippen LogP contribution < -0.4 is 5.32 Å². The van der Waals surface area contributed by atoms with Crippen LogP contribution in [0.2, 0.25) is 5.02 Å². The molecule has 4 heteroatoms. The van der Waals surface area contributed by atoms with Crippen LogP contribution in [0.15, 0.2) is 24.3 Å². The van der Waals surface area contributed by atoms with E-state index in [1.54, 1.807) is 0 Å². The van der Waals surface area contributed by atoms with E-state index in [9.17, 15) is 4.79 Å². The molecule has 14 heavy (non-hydrogen) atoms. The highest BCUT2D eigenvalue weighted by Gasteiger charge is 2.30. The Balaban J connectivity index is 2.23. The molecule has 1 aliphatic heterocycles. The Morgan fingerprint density at radius 2 is 2.00 bits per heavy atom. The summed E-state index contributed by atoms with van der Waals surface area (Å²) in [5.41, 5.74) is 1.14. The number of rotatable bonds is 1. The molecule has 0 unspecified atom stereocenters. The molecule has 1 aromatic rings. The molecule has 1 aromatic carbocycles.